The SMILES string of the molecule is CCCS(=N)(=O)c1nc(N)c2c(n1)N(Cc1ccccc1)CN2C(=O)N1CCN(C)CC1. The first-order chi connectivity index (χ1) is 15.3. The Labute approximate surface area is 189 Å². The molecule has 1 aromatic carbocycles. The zero-order valence-corrected chi connectivity index (χ0v) is 19.3. The first-order valence-corrected chi connectivity index (χ1v) is 12.5. The third-order valence-corrected chi connectivity index (χ3v) is 7.52. The van der Waals surface area contributed by atoms with Crippen LogP contribution in [0.3, 0.4) is 0 Å². The molecule has 3 heterocycles. The lowest BCUT2D eigenvalue weighted by molar-refractivity contribution is 0.159. The van der Waals surface area contributed by atoms with E-state index < -0.39 is 9.73 Å². The van der Waals surface area contributed by atoms with Gasteiger partial charge in [0.1, 0.15) is 22.1 Å². The minimum absolute atomic E-state index is 0.0671. The van der Waals surface area contributed by atoms with Crippen molar-refractivity contribution in [1.29, 1.82) is 4.78 Å². The van der Waals surface area contributed by atoms with Gasteiger partial charge in [0.25, 0.3) is 0 Å². The van der Waals surface area contributed by atoms with Gasteiger partial charge in [-0.05, 0) is 19.0 Å². The van der Waals surface area contributed by atoms with Gasteiger partial charge in [0.05, 0.1) is 0 Å². The summed E-state index contributed by atoms with van der Waals surface area (Å²) in [7, 11) is -1.13. The Morgan fingerprint density at radius 1 is 1.16 bits per heavy atom. The number of nitrogens with zero attached hydrogens (tertiary/aromatic N) is 6. The maximum Gasteiger partial charge on any atom is 0.326 e. The van der Waals surface area contributed by atoms with Crippen LogP contribution in [0.15, 0.2) is 35.5 Å². The number of nitrogens with one attached hydrogen (secondary N) is 1. The van der Waals surface area contributed by atoms with Crippen LogP contribution in [-0.2, 0) is 16.3 Å². The highest BCUT2D eigenvalue weighted by molar-refractivity contribution is 7.92. The molecular formula is C21H30N8O2S. The molecule has 1 atom stereocenters. The highest BCUT2D eigenvalue weighted by Gasteiger charge is 2.38. The Balaban J connectivity index is 1.72. The molecule has 1 aromatic heterocycles. The number of nitrogen functional groups attached to an aromatic ring is 1. The number of likely N-dealkylation sites (N-methyl/N-ethyl adjacent to an activating group) is 1. The zero-order valence-electron chi connectivity index (χ0n) is 18.5. The van der Waals surface area contributed by atoms with Gasteiger partial charge in [0.2, 0.25) is 5.16 Å². The van der Waals surface area contributed by atoms with E-state index in [0.29, 0.717) is 37.6 Å². The van der Waals surface area contributed by atoms with Gasteiger partial charge < -0.3 is 20.4 Å². The number of hydrogen-bond donors (Lipinski definition) is 2. The number of piperazine rings is 1. The first-order valence-electron chi connectivity index (χ1n) is 10.8. The summed E-state index contributed by atoms with van der Waals surface area (Å²) in [5.41, 5.74) is 7.77. The van der Waals surface area contributed by atoms with Gasteiger partial charge in [-0.25, -0.2) is 18.8 Å². The number of hydrogen-bond acceptors (Lipinski definition) is 8. The molecule has 2 amide bonds. The maximum absolute atomic E-state index is 13.4. The van der Waals surface area contributed by atoms with E-state index in [-0.39, 0.29) is 29.4 Å². The Kier molecular flexibility index (Phi) is 6.20. The van der Waals surface area contributed by atoms with Crippen LogP contribution >= 0.6 is 0 Å². The molecule has 2 aromatic rings. The van der Waals surface area contributed by atoms with Gasteiger partial charge in [-0.15, -0.1) is 0 Å². The minimum Gasteiger partial charge on any atom is -0.382 e. The van der Waals surface area contributed by atoms with Gasteiger partial charge in [-0.1, -0.05) is 37.3 Å². The maximum atomic E-state index is 13.4. The van der Waals surface area contributed by atoms with Gasteiger partial charge in [0.15, 0.2) is 11.6 Å². The van der Waals surface area contributed by atoms with E-state index >= 15 is 0 Å². The van der Waals surface area contributed by atoms with Crippen LogP contribution < -0.4 is 15.5 Å². The van der Waals surface area contributed by atoms with Crippen LogP contribution in [0.2, 0.25) is 0 Å². The van der Waals surface area contributed by atoms with Crippen molar-refractivity contribution in [2.45, 2.75) is 25.0 Å². The summed E-state index contributed by atoms with van der Waals surface area (Å²) in [5, 5.41) is -0.0671. The lowest BCUT2D eigenvalue weighted by Gasteiger charge is -2.35. The van der Waals surface area contributed by atoms with Crippen molar-refractivity contribution in [1.82, 2.24) is 19.8 Å². The van der Waals surface area contributed by atoms with Crippen LogP contribution in [0.1, 0.15) is 18.9 Å². The Morgan fingerprint density at radius 2 is 1.84 bits per heavy atom. The summed E-state index contributed by atoms with van der Waals surface area (Å²) in [4.78, 5) is 29.7. The molecule has 32 heavy (non-hydrogen) atoms. The molecule has 2 aliphatic heterocycles. The largest absolute Gasteiger partial charge is 0.382 e. The van der Waals surface area contributed by atoms with Crippen molar-refractivity contribution in [3.05, 3.63) is 35.9 Å². The van der Waals surface area contributed by atoms with Crippen LogP contribution in [0.25, 0.3) is 0 Å². The Hall–Kier alpha value is -2.92. The fraction of sp³-hybridized carbons (Fsp3) is 0.476. The number of anilines is 3. The molecule has 2 aliphatic rings. The molecule has 10 nitrogen and oxygen atoms in total. The number of urea groups is 1. The lowest BCUT2D eigenvalue weighted by atomic mass is 10.2. The number of amides is 2. The van der Waals surface area contributed by atoms with Crippen molar-refractivity contribution in [3.8, 4) is 0 Å². The van der Waals surface area contributed by atoms with Crippen molar-refractivity contribution in [2.75, 3.05) is 61.2 Å². The van der Waals surface area contributed by atoms with Gasteiger partial charge in [-0.3, -0.25) is 4.90 Å². The number of carbonyl (C=O) groups excluding carboxylic acids is 1. The van der Waals surface area contributed by atoms with E-state index in [0.717, 1.165) is 18.7 Å². The number of benzene rings is 1. The summed E-state index contributed by atoms with van der Waals surface area (Å²) >= 11 is 0. The number of aromatic nitrogens is 2. The third kappa shape index (κ3) is 4.35. The van der Waals surface area contributed by atoms with Crippen molar-refractivity contribution in [2.24, 2.45) is 0 Å². The molecule has 1 saturated heterocycles. The van der Waals surface area contributed by atoms with Crippen LogP contribution in [0, 0.1) is 4.78 Å². The van der Waals surface area contributed by atoms with Crippen molar-refractivity contribution in [3.63, 3.8) is 0 Å². The van der Waals surface area contributed by atoms with E-state index in [2.05, 4.69) is 14.9 Å². The first kappa shape index (κ1) is 22.3. The molecule has 1 fully saturated rings. The second-order valence-corrected chi connectivity index (χ2v) is 10.4. The van der Waals surface area contributed by atoms with E-state index in [1.807, 2.05) is 54.1 Å². The topological polar surface area (TPSA) is 123 Å². The smallest absolute Gasteiger partial charge is 0.326 e. The number of fused-ring (bicyclic) bond motifs is 1. The van der Waals surface area contributed by atoms with Gasteiger partial charge >= 0.3 is 6.03 Å². The van der Waals surface area contributed by atoms with Crippen LogP contribution in [0.4, 0.5) is 22.1 Å². The van der Waals surface area contributed by atoms with Gasteiger partial charge in [0, 0.05) is 38.5 Å². The highest BCUT2D eigenvalue weighted by Crippen LogP contribution is 2.40. The quantitative estimate of drug-likeness (QED) is 0.657. The van der Waals surface area contributed by atoms with Gasteiger partial charge in [-0.2, -0.15) is 4.98 Å². The minimum atomic E-state index is -3.16. The molecular weight excluding hydrogens is 428 g/mol. The molecule has 4 rings (SSSR count). The number of nitrogens with two attached hydrogens (primary N) is 1. The molecule has 0 saturated carbocycles. The number of carbonyl (C=O) groups is 1. The molecule has 0 bridgehead atoms. The van der Waals surface area contributed by atoms with E-state index in [9.17, 15) is 9.00 Å². The zero-order chi connectivity index (χ0) is 22.9. The lowest BCUT2D eigenvalue weighted by Crippen LogP contribution is -2.52. The van der Waals surface area contributed by atoms with Crippen LogP contribution in [0.5, 0.6) is 0 Å². The second kappa shape index (κ2) is 8.91. The average Bonchev–Trinajstić information content (AvgIpc) is 3.13. The molecule has 172 valence electrons. The second-order valence-electron chi connectivity index (χ2n) is 8.27. The monoisotopic (exact) mass is 458 g/mol. The van der Waals surface area contributed by atoms with Crippen molar-refractivity contribution >= 4 is 33.1 Å². The van der Waals surface area contributed by atoms with E-state index in [1.165, 1.54) is 0 Å². The molecule has 0 spiro atoms. The fourth-order valence-corrected chi connectivity index (χ4v) is 5.24. The fourth-order valence-electron chi connectivity index (χ4n) is 4.01. The summed E-state index contributed by atoms with van der Waals surface area (Å²) < 4.78 is 21.1. The predicted octanol–water partition coefficient (Wildman–Crippen LogP) is 2.03. The van der Waals surface area contributed by atoms with Crippen molar-refractivity contribution < 1.29 is 9.00 Å². The summed E-state index contributed by atoms with van der Waals surface area (Å²) in [6.07, 6.45) is 0.574. The number of rotatable bonds is 5. The normalized spacial score (nSPS) is 18.5. The third-order valence-electron chi connectivity index (χ3n) is 5.76. The van der Waals surface area contributed by atoms with Crippen LogP contribution in [-0.4, -0.2) is 75.7 Å². The Morgan fingerprint density at radius 3 is 2.50 bits per heavy atom. The summed E-state index contributed by atoms with van der Waals surface area (Å²) in [6.45, 7) is 5.52. The predicted molar refractivity (Wildman–Crippen MR) is 125 cm³/mol. The van der Waals surface area contributed by atoms with E-state index in [1.54, 1.807) is 4.90 Å². The molecule has 0 aliphatic carbocycles. The molecule has 11 heteroatoms. The molecule has 1 unspecified atom stereocenters. The average molecular weight is 459 g/mol. The highest BCUT2D eigenvalue weighted by atomic mass is 32.2. The summed E-state index contributed by atoms with van der Waals surface area (Å²) in [5.74, 6) is 0.697. The Bertz CT molecular complexity index is 1080. The molecule has 3 N–H and O–H groups in total. The standard InChI is InChI=1S/C21H30N8O2S/c1-3-13-32(23,31)20-24-18(22)17-19(25-20)28(14-16-7-5-4-6-8-16)15-29(17)21(30)27-11-9-26(2)10-12-27/h4-8,23H,3,9-15H2,1-2H3,(H2,22,24,25). The van der Waals surface area contributed by atoms with E-state index in [4.69, 9.17) is 10.5 Å². The summed E-state index contributed by atoms with van der Waals surface area (Å²) in [6, 6.07) is 9.72. The molecule has 0 radical (unpaired) electrons.